The highest BCUT2D eigenvalue weighted by molar-refractivity contribution is 6.31. The number of carboxylic acids is 1. The topological polar surface area (TPSA) is 144 Å². The van der Waals surface area contributed by atoms with Crippen LogP contribution in [0.4, 0.5) is 20.6 Å². The average molecular weight is 545 g/mol. The van der Waals surface area contributed by atoms with Crippen molar-refractivity contribution in [1.82, 2.24) is 10.1 Å². The molecule has 1 saturated carbocycles. The van der Waals surface area contributed by atoms with Crippen molar-refractivity contribution in [2.24, 2.45) is 11.8 Å². The summed E-state index contributed by atoms with van der Waals surface area (Å²) < 4.78 is 25.7. The van der Waals surface area contributed by atoms with Crippen LogP contribution in [0.5, 0.6) is 0 Å². The first-order valence-electron chi connectivity index (χ1n) is 12.0. The van der Waals surface area contributed by atoms with E-state index in [0.717, 1.165) is 18.9 Å². The number of halogens is 2. The van der Waals surface area contributed by atoms with Gasteiger partial charge in [0, 0.05) is 16.7 Å². The van der Waals surface area contributed by atoms with Crippen molar-refractivity contribution in [3.05, 3.63) is 58.6 Å². The third-order valence-corrected chi connectivity index (χ3v) is 6.80. The molecule has 2 amide bonds. The van der Waals surface area contributed by atoms with Gasteiger partial charge in [0.25, 0.3) is 0 Å². The quantitative estimate of drug-likeness (QED) is 0.329. The molecule has 0 saturated heterocycles. The first-order valence-corrected chi connectivity index (χ1v) is 12.4. The van der Waals surface area contributed by atoms with E-state index in [0.29, 0.717) is 23.4 Å². The molecule has 3 aromatic rings. The minimum absolute atomic E-state index is 0.0599. The zero-order valence-corrected chi connectivity index (χ0v) is 21.4. The summed E-state index contributed by atoms with van der Waals surface area (Å²) in [6.07, 6.45) is 2.05. The lowest BCUT2D eigenvalue weighted by atomic mass is 9.78. The number of aliphatic carboxylic acids is 1. The Balaban J connectivity index is 1.48. The van der Waals surface area contributed by atoms with Crippen LogP contribution in [0, 0.1) is 24.6 Å². The molecule has 2 aromatic heterocycles. The van der Waals surface area contributed by atoms with Gasteiger partial charge in [-0.2, -0.15) is 0 Å². The molecule has 3 N–H and O–H groups in total. The molecule has 1 unspecified atom stereocenters. The van der Waals surface area contributed by atoms with E-state index in [1.165, 1.54) is 6.20 Å². The normalized spacial score (nSPS) is 17.9. The molecule has 2 heterocycles. The number of ether oxygens (including phenoxy) is 1. The molecule has 0 radical (unpaired) electrons. The van der Waals surface area contributed by atoms with Gasteiger partial charge in [0.2, 0.25) is 11.7 Å². The van der Waals surface area contributed by atoms with Crippen LogP contribution in [-0.2, 0) is 14.3 Å². The molecule has 3 atom stereocenters. The van der Waals surface area contributed by atoms with E-state index in [1.54, 1.807) is 38.1 Å². The number of anilines is 2. The van der Waals surface area contributed by atoms with Crippen LogP contribution >= 0.6 is 11.6 Å². The van der Waals surface area contributed by atoms with E-state index in [2.05, 4.69) is 20.8 Å². The Morgan fingerprint density at radius 2 is 1.89 bits per heavy atom. The lowest BCUT2D eigenvalue weighted by Crippen LogP contribution is -2.36. The monoisotopic (exact) mass is 544 g/mol. The smallest absolute Gasteiger partial charge is 0.412 e. The van der Waals surface area contributed by atoms with E-state index in [4.69, 9.17) is 20.9 Å². The third-order valence-electron chi connectivity index (χ3n) is 6.46. The van der Waals surface area contributed by atoms with Crippen LogP contribution in [0.1, 0.15) is 50.0 Å². The third kappa shape index (κ3) is 5.94. The molecular formula is C26H26ClFN4O6. The Bertz CT molecular complexity index is 1360. The van der Waals surface area contributed by atoms with Gasteiger partial charge in [-0.25, -0.2) is 14.2 Å². The van der Waals surface area contributed by atoms with E-state index < -0.39 is 41.7 Å². The van der Waals surface area contributed by atoms with E-state index in [1.807, 2.05) is 0 Å². The number of rotatable bonds is 7. The largest absolute Gasteiger partial charge is 0.481 e. The van der Waals surface area contributed by atoms with Gasteiger partial charge in [-0.1, -0.05) is 47.8 Å². The zero-order valence-electron chi connectivity index (χ0n) is 20.7. The molecular weight excluding hydrogens is 519 g/mol. The second-order valence-corrected chi connectivity index (χ2v) is 9.45. The van der Waals surface area contributed by atoms with Crippen molar-refractivity contribution < 1.29 is 33.1 Å². The molecule has 0 spiro atoms. The zero-order chi connectivity index (χ0) is 27.4. The second kappa shape index (κ2) is 11.6. The fourth-order valence-electron chi connectivity index (χ4n) is 4.49. The average Bonchev–Trinajstić information content (AvgIpc) is 3.23. The maximum Gasteiger partial charge on any atom is 0.412 e. The lowest BCUT2D eigenvalue weighted by molar-refractivity contribution is -0.147. The molecule has 4 rings (SSSR count). The molecule has 12 heteroatoms. The van der Waals surface area contributed by atoms with Crippen molar-refractivity contribution in [3.63, 3.8) is 0 Å². The Morgan fingerprint density at radius 1 is 1.18 bits per heavy atom. The van der Waals surface area contributed by atoms with Gasteiger partial charge in [0.1, 0.15) is 23.2 Å². The van der Waals surface area contributed by atoms with E-state index >= 15 is 4.39 Å². The van der Waals surface area contributed by atoms with Gasteiger partial charge >= 0.3 is 12.1 Å². The standard InChI is InChI=1S/C26H26ClFN4O6/c1-13-21(31-26(36)37-14(2)16-7-5-6-10-19(16)27)23(38-32-13)22-20(28)11-15(12-29-22)30-24(33)17-8-3-4-9-18(17)25(34)35/h5-7,10-12,14,17-18H,3-4,8-9H2,1-2H3,(H,30,33)(H,31,36)(H,34,35)/t14?,17-,18-/m0/s1. The summed E-state index contributed by atoms with van der Waals surface area (Å²) in [5.74, 6) is -4.01. The summed E-state index contributed by atoms with van der Waals surface area (Å²) in [4.78, 5) is 40.9. The molecule has 10 nitrogen and oxygen atoms in total. The van der Waals surface area contributed by atoms with Crippen LogP contribution in [0.3, 0.4) is 0 Å². The summed E-state index contributed by atoms with van der Waals surface area (Å²) in [6.45, 7) is 3.21. The van der Waals surface area contributed by atoms with E-state index in [-0.39, 0.29) is 28.5 Å². The summed E-state index contributed by atoms with van der Waals surface area (Å²) in [6, 6.07) is 7.97. The SMILES string of the molecule is Cc1noc(-c2ncc(NC(=O)[C@H]3CCCC[C@@H]3C(=O)O)cc2F)c1NC(=O)OC(C)c1ccccc1Cl. The molecule has 1 aliphatic carbocycles. The maximum atomic E-state index is 15.1. The maximum absolute atomic E-state index is 15.1. The van der Waals surface area contributed by atoms with Crippen molar-refractivity contribution in [2.45, 2.75) is 45.6 Å². The number of nitrogens with one attached hydrogen (secondary N) is 2. The minimum atomic E-state index is -1.02. The predicted molar refractivity (Wildman–Crippen MR) is 136 cm³/mol. The molecule has 0 aliphatic heterocycles. The van der Waals surface area contributed by atoms with Gasteiger partial charge in [0.05, 0.1) is 23.7 Å². The van der Waals surface area contributed by atoms with Crippen LogP contribution in [-0.4, -0.2) is 33.2 Å². The Kier molecular flexibility index (Phi) is 8.26. The number of hydrogen-bond donors (Lipinski definition) is 3. The number of hydrogen-bond acceptors (Lipinski definition) is 7. The fourth-order valence-corrected chi connectivity index (χ4v) is 4.78. The Labute approximate surface area is 222 Å². The predicted octanol–water partition coefficient (Wildman–Crippen LogP) is 5.98. The molecule has 38 heavy (non-hydrogen) atoms. The number of carbonyl (C=O) groups excluding carboxylic acids is 2. The molecule has 1 fully saturated rings. The summed E-state index contributed by atoms with van der Waals surface area (Å²) in [5.41, 5.74) is 0.748. The highest BCUT2D eigenvalue weighted by Crippen LogP contribution is 2.34. The molecule has 1 aliphatic rings. The number of carbonyl (C=O) groups is 3. The number of aromatic nitrogens is 2. The minimum Gasteiger partial charge on any atom is -0.481 e. The van der Waals surface area contributed by atoms with Crippen LogP contribution in [0.15, 0.2) is 41.1 Å². The lowest BCUT2D eigenvalue weighted by Gasteiger charge is -2.27. The molecule has 200 valence electrons. The highest BCUT2D eigenvalue weighted by Gasteiger charge is 2.36. The van der Waals surface area contributed by atoms with Crippen molar-refractivity contribution >= 4 is 40.9 Å². The summed E-state index contributed by atoms with van der Waals surface area (Å²) in [7, 11) is 0. The van der Waals surface area contributed by atoms with Crippen molar-refractivity contribution in [2.75, 3.05) is 10.6 Å². The van der Waals surface area contributed by atoms with Gasteiger partial charge < -0.3 is 19.7 Å². The summed E-state index contributed by atoms with van der Waals surface area (Å²) in [5, 5.41) is 18.7. The Morgan fingerprint density at radius 3 is 2.58 bits per heavy atom. The van der Waals surface area contributed by atoms with Crippen LogP contribution in [0.2, 0.25) is 5.02 Å². The number of aryl methyl sites for hydroxylation is 1. The van der Waals surface area contributed by atoms with Crippen LogP contribution in [0.25, 0.3) is 11.5 Å². The van der Waals surface area contributed by atoms with Crippen molar-refractivity contribution in [1.29, 1.82) is 0 Å². The number of nitrogens with zero attached hydrogens (tertiary/aromatic N) is 2. The number of amides is 2. The van der Waals surface area contributed by atoms with Gasteiger partial charge in [-0.3, -0.25) is 14.9 Å². The fraction of sp³-hybridized carbons (Fsp3) is 0.346. The number of benzene rings is 1. The van der Waals surface area contributed by atoms with Crippen molar-refractivity contribution in [3.8, 4) is 11.5 Å². The van der Waals surface area contributed by atoms with E-state index in [9.17, 15) is 19.5 Å². The van der Waals surface area contributed by atoms with Gasteiger partial charge in [0.15, 0.2) is 5.82 Å². The Hall–Kier alpha value is -3.99. The molecule has 1 aromatic carbocycles. The molecule has 0 bridgehead atoms. The first-order chi connectivity index (χ1) is 18.2. The number of carboxylic acid groups (broad SMARTS) is 1. The van der Waals surface area contributed by atoms with Gasteiger partial charge in [-0.15, -0.1) is 0 Å². The highest BCUT2D eigenvalue weighted by atomic mass is 35.5. The van der Waals surface area contributed by atoms with Gasteiger partial charge in [-0.05, 0) is 32.8 Å². The first kappa shape index (κ1) is 27.1. The number of pyridine rings is 1. The second-order valence-electron chi connectivity index (χ2n) is 9.05. The summed E-state index contributed by atoms with van der Waals surface area (Å²) >= 11 is 6.16. The van der Waals surface area contributed by atoms with Crippen LogP contribution < -0.4 is 10.6 Å².